The van der Waals surface area contributed by atoms with E-state index in [-0.39, 0.29) is 23.9 Å². The summed E-state index contributed by atoms with van der Waals surface area (Å²) in [4.78, 5) is 27.2. The summed E-state index contributed by atoms with van der Waals surface area (Å²) in [7, 11) is 0. The molecule has 0 aliphatic carbocycles. The van der Waals surface area contributed by atoms with E-state index >= 15 is 0 Å². The van der Waals surface area contributed by atoms with Gasteiger partial charge in [0.1, 0.15) is 6.04 Å². The smallest absolute Gasteiger partial charge is 0.255 e. The van der Waals surface area contributed by atoms with Crippen molar-refractivity contribution in [1.29, 1.82) is 0 Å². The molecule has 0 fully saturated rings. The Labute approximate surface area is 166 Å². The number of hydrogen-bond acceptors (Lipinski definition) is 2. The minimum Gasteiger partial charge on any atom is -0.350 e. The fourth-order valence-corrected chi connectivity index (χ4v) is 3.55. The third-order valence-corrected chi connectivity index (χ3v) is 4.99. The largest absolute Gasteiger partial charge is 0.350 e. The zero-order chi connectivity index (χ0) is 20.4. The first kappa shape index (κ1) is 18.8. The fourth-order valence-electron chi connectivity index (χ4n) is 3.55. The second kappa shape index (κ2) is 7.83. The summed E-state index contributed by atoms with van der Waals surface area (Å²) in [6.45, 7) is 0.0925. The lowest BCUT2D eigenvalue weighted by atomic mass is 10.0. The second-order valence-corrected chi connectivity index (χ2v) is 6.84. The van der Waals surface area contributed by atoms with E-state index in [2.05, 4.69) is 5.32 Å². The van der Waals surface area contributed by atoms with Crippen LogP contribution in [0.4, 0.5) is 8.78 Å². The Hall–Kier alpha value is -3.54. The van der Waals surface area contributed by atoms with E-state index in [0.29, 0.717) is 17.7 Å². The van der Waals surface area contributed by atoms with Gasteiger partial charge in [-0.25, -0.2) is 8.78 Å². The van der Waals surface area contributed by atoms with Crippen molar-refractivity contribution in [3.8, 4) is 0 Å². The van der Waals surface area contributed by atoms with Crippen LogP contribution < -0.4 is 5.32 Å². The van der Waals surface area contributed by atoms with E-state index < -0.39 is 17.7 Å². The van der Waals surface area contributed by atoms with E-state index in [0.717, 1.165) is 11.6 Å². The van der Waals surface area contributed by atoms with Gasteiger partial charge < -0.3 is 10.2 Å². The SMILES string of the molecule is O=C(NCc1ccccc1)C1c2ccccc2C(=O)N1Cc1cccc(F)c1F. The van der Waals surface area contributed by atoms with Gasteiger partial charge in [0.2, 0.25) is 5.91 Å². The Kier molecular flexibility index (Phi) is 5.08. The van der Waals surface area contributed by atoms with Crippen LogP contribution in [0.3, 0.4) is 0 Å². The molecule has 1 aliphatic rings. The third kappa shape index (κ3) is 3.61. The lowest BCUT2D eigenvalue weighted by Gasteiger charge is -2.25. The van der Waals surface area contributed by atoms with Crippen molar-refractivity contribution in [2.75, 3.05) is 0 Å². The van der Waals surface area contributed by atoms with Gasteiger partial charge in [-0.2, -0.15) is 0 Å². The monoisotopic (exact) mass is 392 g/mol. The number of fused-ring (bicyclic) bond motifs is 1. The molecule has 0 spiro atoms. The summed E-state index contributed by atoms with van der Waals surface area (Å²) in [6.07, 6.45) is 0. The molecule has 0 aromatic heterocycles. The number of nitrogens with zero attached hydrogens (tertiary/aromatic N) is 1. The first-order valence-electron chi connectivity index (χ1n) is 9.20. The number of nitrogens with one attached hydrogen (secondary N) is 1. The van der Waals surface area contributed by atoms with Crippen LogP contribution in [0.15, 0.2) is 72.8 Å². The maximum Gasteiger partial charge on any atom is 0.255 e. The van der Waals surface area contributed by atoms with Crippen LogP contribution >= 0.6 is 0 Å². The molecule has 0 saturated heterocycles. The minimum atomic E-state index is -1.01. The molecule has 1 atom stereocenters. The molecular weight excluding hydrogens is 374 g/mol. The van der Waals surface area contributed by atoms with Gasteiger partial charge in [-0.15, -0.1) is 0 Å². The Balaban J connectivity index is 1.63. The first-order valence-corrected chi connectivity index (χ1v) is 9.20. The minimum absolute atomic E-state index is 0.0204. The third-order valence-electron chi connectivity index (χ3n) is 4.99. The summed E-state index contributed by atoms with van der Waals surface area (Å²) >= 11 is 0. The van der Waals surface area contributed by atoms with Gasteiger partial charge in [0.25, 0.3) is 5.91 Å². The van der Waals surface area contributed by atoms with Gasteiger partial charge >= 0.3 is 0 Å². The normalized spacial score (nSPS) is 15.3. The number of hydrogen-bond donors (Lipinski definition) is 1. The predicted octanol–water partition coefficient (Wildman–Crippen LogP) is 3.98. The topological polar surface area (TPSA) is 49.4 Å². The molecule has 1 unspecified atom stereocenters. The molecule has 3 aromatic carbocycles. The van der Waals surface area contributed by atoms with Crippen LogP contribution in [0.25, 0.3) is 0 Å². The molecule has 1 heterocycles. The predicted molar refractivity (Wildman–Crippen MR) is 104 cm³/mol. The highest BCUT2D eigenvalue weighted by Gasteiger charge is 2.41. The number of carbonyl (C=O) groups excluding carboxylic acids is 2. The molecule has 0 radical (unpaired) electrons. The fraction of sp³-hybridized carbons (Fsp3) is 0.130. The van der Waals surface area contributed by atoms with Crippen LogP contribution in [0.2, 0.25) is 0 Å². The quantitative estimate of drug-likeness (QED) is 0.714. The van der Waals surface area contributed by atoms with Crippen LogP contribution in [0.5, 0.6) is 0 Å². The van der Waals surface area contributed by atoms with Crippen molar-refractivity contribution in [2.24, 2.45) is 0 Å². The van der Waals surface area contributed by atoms with Crippen LogP contribution in [-0.4, -0.2) is 16.7 Å². The van der Waals surface area contributed by atoms with Gasteiger partial charge in [0.15, 0.2) is 11.6 Å². The molecule has 2 amide bonds. The van der Waals surface area contributed by atoms with E-state index in [1.165, 1.54) is 17.0 Å². The molecular formula is C23H18F2N2O2. The standard InChI is InChI=1S/C23H18F2N2O2/c24-19-12-6-9-16(20(19)25)14-27-21(17-10-4-5-11-18(17)23(27)29)22(28)26-13-15-7-2-1-3-8-15/h1-12,21H,13-14H2,(H,26,28). The van der Waals surface area contributed by atoms with Crippen LogP contribution in [-0.2, 0) is 17.9 Å². The van der Waals surface area contributed by atoms with Crippen molar-refractivity contribution < 1.29 is 18.4 Å². The Morgan fingerprint density at radius 1 is 0.931 bits per heavy atom. The van der Waals surface area contributed by atoms with Crippen LogP contribution in [0, 0.1) is 11.6 Å². The number of carbonyl (C=O) groups is 2. The summed E-state index contributed by atoms with van der Waals surface area (Å²) in [5.74, 6) is -2.76. The Bertz CT molecular complexity index is 1070. The molecule has 4 rings (SSSR count). The molecule has 6 heteroatoms. The van der Waals surface area contributed by atoms with Crippen molar-refractivity contribution in [3.05, 3.63) is 107 Å². The van der Waals surface area contributed by atoms with E-state index in [4.69, 9.17) is 0 Å². The second-order valence-electron chi connectivity index (χ2n) is 6.84. The summed E-state index contributed by atoms with van der Waals surface area (Å²) in [5, 5.41) is 2.84. The number of amides is 2. The van der Waals surface area contributed by atoms with Crippen molar-refractivity contribution >= 4 is 11.8 Å². The molecule has 29 heavy (non-hydrogen) atoms. The zero-order valence-electron chi connectivity index (χ0n) is 15.4. The number of benzene rings is 3. The van der Waals surface area contributed by atoms with Gasteiger partial charge in [-0.1, -0.05) is 60.7 Å². The van der Waals surface area contributed by atoms with Gasteiger partial charge in [-0.05, 0) is 23.3 Å². The highest BCUT2D eigenvalue weighted by atomic mass is 19.2. The van der Waals surface area contributed by atoms with E-state index in [1.807, 2.05) is 30.3 Å². The maximum absolute atomic E-state index is 14.2. The Morgan fingerprint density at radius 2 is 1.66 bits per heavy atom. The van der Waals surface area contributed by atoms with Crippen molar-refractivity contribution in [1.82, 2.24) is 10.2 Å². The number of halogens is 2. The van der Waals surface area contributed by atoms with E-state index in [1.54, 1.807) is 24.3 Å². The first-order chi connectivity index (χ1) is 14.1. The average molecular weight is 392 g/mol. The van der Waals surface area contributed by atoms with Crippen molar-refractivity contribution in [2.45, 2.75) is 19.1 Å². The van der Waals surface area contributed by atoms with Gasteiger partial charge in [0.05, 0.1) is 6.54 Å². The lowest BCUT2D eigenvalue weighted by Crippen LogP contribution is -2.38. The van der Waals surface area contributed by atoms with Crippen LogP contribution in [0.1, 0.15) is 33.1 Å². The van der Waals surface area contributed by atoms with Crippen molar-refractivity contribution in [3.63, 3.8) is 0 Å². The lowest BCUT2D eigenvalue weighted by molar-refractivity contribution is -0.125. The van der Waals surface area contributed by atoms with E-state index in [9.17, 15) is 18.4 Å². The summed E-state index contributed by atoms with van der Waals surface area (Å²) in [6, 6.07) is 19.1. The molecule has 1 N–H and O–H groups in total. The van der Waals surface area contributed by atoms with Gasteiger partial charge in [0, 0.05) is 17.7 Å². The molecule has 1 aliphatic heterocycles. The zero-order valence-corrected chi connectivity index (χ0v) is 15.4. The molecule has 0 bridgehead atoms. The molecule has 4 nitrogen and oxygen atoms in total. The highest BCUT2D eigenvalue weighted by Crippen LogP contribution is 2.35. The molecule has 146 valence electrons. The summed E-state index contributed by atoms with van der Waals surface area (Å²) < 4.78 is 27.8. The summed E-state index contributed by atoms with van der Waals surface area (Å²) in [5.41, 5.74) is 1.89. The molecule has 3 aromatic rings. The van der Waals surface area contributed by atoms with Gasteiger partial charge in [-0.3, -0.25) is 9.59 Å². The Morgan fingerprint density at radius 3 is 2.45 bits per heavy atom. The molecule has 0 saturated carbocycles. The average Bonchev–Trinajstić information content (AvgIpc) is 3.02. The maximum atomic E-state index is 14.2. The number of rotatable bonds is 5. The highest BCUT2D eigenvalue weighted by molar-refractivity contribution is 6.04.